The zero-order valence-electron chi connectivity index (χ0n) is 13.6. The molecule has 7 heteroatoms. The number of benzene rings is 2. The molecule has 0 heterocycles. The number of halogens is 2. The van der Waals surface area contributed by atoms with Crippen LogP contribution in [0.25, 0.3) is 0 Å². The second kappa shape index (κ2) is 9.42. The van der Waals surface area contributed by atoms with E-state index in [0.29, 0.717) is 27.8 Å². The maximum atomic E-state index is 12.1. The molecule has 0 fully saturated rings. The zero-order valence-corrected chi connectivity index (χ0v) is 15.2. The number of methoxy groups -OCH3 is 1. The summed E-state index contributed by atoms with van der Waals surface area (Å²) in [6, 6.07) is 12.2. The van der Waals surface area contributed by atoms with Crippen LogP contribution in [0, 0.1) is 0 Å². The van der Waals surface area contributed by atoms with E-state index in [-0.39, 0.29) is 24.8 Å². The highest BCUT2D eigenvalue weighted by Gasteiger charge is 2.09. The number of nitrogens with one attached hydrogen (secondary N) is 2. The Morgan fingerprint density at radius 1 is 1.00 bits per heavy atom. The fourth-order valence-electron chi connectivity index (χ4n) is 2.22. The van der Waals surface area contributed by atoms with Crippen molar-refractivity contribution in [2.24, 2.45) is 0 Å². The standard InChI is InChI=1S/C18H18Cl2N2O3/c1-25-11-17(24)22-14-6-3-5-13(10-14)21-16(23)9-8-12-4-2-7-15(19)18(12)20/h2-7,10H,8-9,11H2,1H3,(H,21,23)(H,22,24). The molecule has 2 rings (SSSR count). The Hall–Kier alpha value is -2.08. The van der Waals surface area contributed by atoms with Gasteiger partial charge in [0, 0.05) is 24.9 Å². The molecule has 0 spiro atoms. The Kier molecular flexibility index (Phi) is 7.25. The number of aryl methyl sites for hydroxylation is 1. The van der Waals surface area contributed by atoms with E-state index in [1.54, 1.807) is 36.4 Å². The third-order valence-corrected chi connectivity index (χ3v) is 4.22. The van der Waals surface area contributed by atoms with Gasteiger partial charge in [0.2, 0.25) is 11.8 Å². The second-order valence-electron chi connectivity index (χ2n) is 5.32. The number of rotatable bonds is 7. The van der Waals surface area contributed by atoms with Crippen molar-refractivity contribution in [3.8, 4) is 0 Å². The first-order valence-electron chi connectivity index (χ1n) is 7.61. The maximum absolute atomic E-state index is 12.1. The highest BCUT2D eigenvalue weighted by molar-refractivity contribution is 6.42. The quantitative estimate of drug-likeness (QED) is 0.757. The van der Waals surface area contributed by atoms with Crippen molar-refractivity contribution in [2.75, 3.05) is 24.4 Å². The van der Waals surface area contributed by atoms with E-state index in [1.807, 2.05) is 6.07 Å². The van der Waals surface area contributed by atoms with E-state index in [9.17, 15) is 9.59 Å². The van der Waals surface area contributed by atoms with Crippen molar-refractivity contribution >= 4 is 46.4 Å². The van der Waals surface area contributed by atoms with Gasteiger partial charge in [-0.1, -0.05) is 41.4 Å². The Labute approximate surface area is 156 Å². The zero-order chi connectivity index (χ0) is 18.2. The van der Waals surface area contributed by atoms with Crippen molar-refractivity contribution in [1.82, 2.24) is 0 Å². The average Bonchev–Trinajstić information content (AvgIpc) is 2.56. The summed E-state index contributed by atoms with van der Waals surface area (Å²) in [6.07, 6.45) is 0.746. The van der Waals surface area contributed by atoms with Crippen molar-refractivity contribution < 1.29 is 14.3 Å². The molecule has 0 saturated carbocycles. The van der Waals surface area contributed by atoms with Gasteiger partial charge in [-0.05, 0) is 36.2 Å². The summed E-state index contributed by atoms with van der Waals surface area (Å²) in [5.41, 5.74) is 2.00. The molecule has 25 heavy (non-hydrogen) atoms. The van der Waals surface area contributed by atoms with Crippen molar-refractivity contribution in [1.29, 1.82) is 0 Å². The molecule has 2 N–H and O–H groups in total. The first-order chi connectivity index (χ1) is 12.0. The molecule has 0 aromatic heterocycles. The minimum absolute atomic E-state index is 0.0308. The molecule has 2 aromatic carbocycles. The van der Waals surface area contributed by atoms with Gasteiger partial charge in [0.25, 0.3) is 0 Å². The van der Waals surface area contributed by atoms with E-state index < -0.39 is 0 Å². The Morgan fingerprint density at radius 2 is 1.64 bits per heavy atom. The summed E-state index contributed by atoms with van der Waals surface area (Å²) < 4.78 is 4.76. The predicted molar refractivity (Wildman–Crippen MR) is 100 cm³/mol. The van der Waals surface area contributed by atoms with Gasteiger partial charge in [0.1, 0.15) is 6.61 Å². The number of carbonyl (C=O) groups excluding carboxylic acids is 2. The predicted octanol–water partition coefficient (Wildman–Crippen LogP) is 4.15. The fourth-order valence-corrected chi connectivity index (χ4v) is 2.63. The van der Waals surface area contributed by atoms with E-state index >= 15 is 0 Å². The number of hydrogen-bond donors (Lipinski definition) is 2. The van der Waals surface area contributed by atoms with E-state index in [0.717, 1.165) is 5.56 Å². The highest BCUT2D eigenvalue weighted by atomic mass is 35.5. The van der Waals surface area contributed by atoms with E-state index in [2.05, 4.69) is 10.6 Å². The van der Waals surface area contributed by atoms with Crippen LogP contribution in [0.15, 0.2) is 42.5 Å². The van der Waals surface area contributed by atoms with Crippen LogP contribution < -0.4 is 10.6 Å². The molecule has 0 atom stereocenters. The SMILES string of the molecule is COCC(=O)Nc1cccc(NC(=O)CCc2cccc(Cl)c2Cl)c1. The van der Waals surface area contributed by atoms with Gasteiger partial charge in [-0.15, -0.1) is 0 Å². The van der Waals surface area contributed by atoms with Crippen molar-refractivity contribution in [2.45, 2.75) is 12.8 Å². The molecule has 5 nitrogen and oxygen atoms in total. The Morgan fingerprint density at radius 3 is 2.32 bits per heavy atom. The summed E-state index contributed by atoms with van der Waals surface area (Å²) in [6.45, 7) is -0.0308. The van der Waals surface area contributed by atoms with Gasteiger partial charge in [0.15, 0.2) is 0 Å². The normalized spacial score (nSPS) is 10.4. The third-order valence-electron chi connectivity index (χ3n) is 3.36. The lowest BCUT2D eigenvalue weighted by atomic mass is 10.1. The minimum Gasteiger partial charge on any atom is -0.375 e. The number of amides is 2. The summed E-state index contributed by atoms with van der Waals surface area (Å²) >= 11 is 12.1. The van der Waals surface area contributed by atoms with Crippen LogP contribution in [0.4, 0.5) is 11.4 Å². The van der Waals surface area contributed by atoms with Gasteiger partial charge in [-0.2, -0.15) is 0 Å². The lowest BCUT2D eigenvalue weighted by Crippen LogP contribution is -2.17. The van der Waals surface area contributed by atoms with Crippen molar-refractivity contribution in [3.05, 3.63) is 58.1 Å². The van der Waals surface area contributed by atoms with Gasteiger partial charge in [-0.25, -0.2) is 0 Å². The molecule has 0 unspecified atom stereocenters. The lowest BCUT2D eigenvalue weighted by molar-refractivity contribution is -0.119. The average molecular weight is 381 g/mol. The first kappa shape index (κ1) is 19.2. The van der Waals surface area contributed by atoms with E-state index in [1.165, 1.54) is 7.11 Å². The highest BCUT2D eigenvalue weighted by Crippen LogP contribution is 2.26. The van der Waals surface area contributed by atoms with E-state index in [4.69, 9.17) is 27.9 Å². The van der Waals surface area contributed by atoms with Crippen LogP contribution in [0.3, 0.4) is 0 Å². The molecular weight excluding hydrogens is 363 g/mol. The van der Waals surface area contributed by atoms with Crippen LogP contribution in [-0.4, -0.2) is 25.5 Å². The lowest BCUT2D eigenvalue weighted by Gasteiger charge is -2.09. The minimum atomic E-state index is -0.262. The molecule has 2 aromatic rings. The number of anilines is 2. The van der Waals surface area contributed by atoms with Gasteiger partial charge < -0.3 is 15.4 Å². The molecule has 0 aliphatic carbocycles. The molecule has 0 saturated heterocycles. The number of ether oxygens (including phenoxy) is 1. The molecule has 0 aliphatic heterocycles. The Balaban J connectivity index is 1.92. The molecular formula is C18H18Cl2N2O3. The molecule has 132 valence electrons. The van der Waals surface area contributed by atoms with Gasteiger partial charge >= 0.3 is 0 Å². The summed E-state index contributed by atoms with van der Waals surface area (Å²) in [5, 5.41) is 6.42. The van der Waals surface area contributed by atoms with Crippen LogP contribution in [0.2, 0.25) is 10.0 Å². The van der Waals surface area contributed by atoms with Crippen LogP contribution >= 0.6 is 23.2 Å². The second-order valence-corrected chi connectivity index (χ2v) is 6.11. The summed E-state index contributed by atoms with van der Waals surface area (Å²) in [7, 11) is 1.45. The fraction of sp³-hybridized carbons (Fsp3) is 0.222. The number of hydrogen-bond acceptors (Lipinski definition) is 3. The Bertz CT molecular complexity index is 766. The van der Waals surface area contributed by atoms with Crippen LogP contribution in [-0.2, 0) is 20.7 Å². The largest absolute Gasteiger partial charge is 0.375 e. The van der Waals surface area contributed by atoms with Crippen LogP contribution in [0.5, 0.6) is 0 Å². The summed E-state index contributed by atoms with van der Waals surface area (Å²) in [5.74, 6) is -0.419. The molecule has 0 bridgehead atoms. The molecule has 2 amide bonds. The molecule has 0 radical (unpaired) electrons. The van der Waals surface area contributed by atoms with Crippen molar-refractivity contribution in [3.63, 3.8) is 0 Å². The van der Waals surface area contributed by atoms with Gasteiger partial charge in [-0.3, -0.25) is 9.59 Å². The summed E-state index contributed by atoms with van der Waals surface area (Å²) in [4.78, 5) is 23.6. The topological polar surface area (TPSA) is 67.4 Å². The maximum Gasteiger partial charge on any atom is 0.250 e. The molecule has 0 aliphatic rings. The third kappa shape index (κ3) is 6.05. The number of carbonyl (C=O) groups is 2. The monoisotopic (exact) mass is 380 g/mol. The smallest absolute Gasteiger partial charge is 0.250 e. The van der Waals surface area contributed by atoms with Crippen LogP contribution in [0.1, 0.15) is 12.0 Å². The first-order valence-corrected chi connectivity index (χ1v) is 8.37. The van der Waals surface area contributed by atoms with Gasteiger partial charge in [0.05, 0.1) is 10.0 Å².